The third-order valence-corrected chi connectivity index (χ3v) is 4.71. The smallest absolute Gasteiger partial charge is 0.343 e. The molecule has 0 aliphatic heterocycles. The fraction of sp³-hybridized carbons (Fsp3) is 0.148. The SMILES string of the molecule is C=CCc1ccc(OCC(=O)N/N=C\c2ccc(OC(=O)c3cccc(C)c3)cc2)c(OC)c1. The van der Waals surface area contributed by atoms with Gasteiger partial charge in [-0.15, -0.1) is 6.58 Å². The second-order valence-electron chi connectivity index (χ2n) is 7.39. The number of hydrazone groups is 1. The Morgan fingerprint density at radius 2 is 1.82 bits per heavy atom. The quantitative estimate of drug-likeness (QED) is 0.159. The van der Waals surface area contributed by atoms with Crippen molar-refractivity contribution in [2.45, 2.75) is 13.3 Å². The van der Waals surface area contributed by atoms with Gasteiger partial charge in [-0.3, -0.25) is 4.79 Å². The summed E-state index contributed by atoms with van der Waals surface area (Å²) in [5.74, 6) is 0.569. The van der Waals surface area contributed by atoms with Gasteiger partial charge in [0.15, 0.2) is 18.1 Å². The summed E-state index contributed by atoms with van der Waals surface area (Å²) < 4.78 is 16.2. The van der Waals surface area contributed by atoms with Gasteiger partial charge < -0.3 is 14.2 Å². The Balaban J connectivity index is 1.48. The van der Waals surface area contributed by atoms with Crippen LogP contribution in [0.25, 0.3) is 0 Å². The highest BCUT2D eigenvalue weighted by molar-refractivity contribution is 5.91. The summed E-state index contributed by atoms with van der Waals surface area (Å²) in [7, 11) is 1.54. The summed E-state index contributed by atoms with van der Waals surface area (Å²) in [5.41, 5.74) is 5.63. The Labute approximate surface area is 198 Å². The third-order valence-electron chi connectivity index (χ3n) is 4.71. The van der Waals surface area contributed by atoms with E-state index in [1.807, 2.05) is 25.1 Å². The number of methoxy groups -OCH3 is 1. The van der Waals surface area contributed by atoms with Gasteiger partial charge in [-0.25, -0.2) is 10.2 Å². The lowest BCUT2D eigenvalue weighted by Crippen LogP contribution is -2.24. The summed E-state index contributed by atoms with van der Waals surface area (Å²) in [6.07, 6.45) is 3.99. The molecule has 0 atom stereocenters. The van der Waals surface area contributed by atoms with E-state index >= 15 is 0 Å². The van der Waals surface area contributed by atoms with Crippen molar-refractivity contribution in [2.24, 2.45) is 5.10 Å². The minimum atomic E-state index is -0.427. The van der Waals surface area contributed by atoms with Crippen LogP contribution in [-0.2, 0) is 11.2 Å². The molecule has 3 rings (SSSR count). The molecule has 0 unspecified atom stereocenters. The number of amides is 1. The van der Waals surface area contributed by atoms with Crippen LogP contribution in [0.4, 0.5) is 0 Å². The van der Waals surface area contributed by atoms with E-state index in [0.29, 0.717) is 29.2 Å². The number of nitrogens with zero attached hydrogens (tertiary/aromatic N) is 1. The van der Waals surface area contributed by atoms with E-state index in [1.165, 1.54) is 6.21 Å². The first-order valence-corrected chi connectivity index (χ1v) is 10.6. The van der Waals surface area contributed by atoms with Crippen LogP contribution >= 0.6 is 0 Å². The van der Waals surface area contributed by atoms with Crippen LogP contribution in [0.3, 0.4) is 0 Å². The Morgan fingerprint density at radius 1 is 1.03 bits per heavy atom. The average Bonchev–Trinajstić information content (AvgIpc) is 2.84. The van der Waals surface area contributed by atoms with E-state index in [0.717, 1.165) is 16.7 Å². The number of carbonyl (C=O) groups excluding carboxylic acids is 2. The molecular weight excluding hydrogens is 432 g/mol. The highest BCUT2D eigenvalue weighted by Gasteiger charge is 2.09. The van der Waals surface area contributed by atoms with Crippen molar-refractivity contribution in [3.8, 4) is 17.2 Å². The van der Waals surface area contributed by atoms with Crippen LogP contribution in [0.1, 0.15) is 27.0 Å². The van der Waals surface area contributed by atoms with E-state index in [-0.39, 0.29) is 6.61 Å². The van der Waals surface area contributed by atoms with Gasteiger partial charge in [0.05, 0.1) is 18.9 Å². The minimum absolute atomic E-state index is 0.220. The number of hydrogen-bond acceptors (Lipinski definition) is 6. The van der Waals surface area contributed by atoms with Crippen molar-refractivity contribution in [1.29, 1.82) is 0 Å². The zero-order valence-corrected chi connectivity index (χ0v) is 19.1. The summed E-state index contributed by atoms with van der Waals surface area (Å²) in [4.78, 5) is 24.3. The molecule has 0 bridgehead atoms. The van der Waals surface area contributed by atoms with Gasteiger partial charge in [-0.2, -0.15) is 5.10 Å². The maximum Gasteiger partial charge on any atom is 0.343 e. The first-order chi connectivity index (χ1) is 16.5. The highest BCUT2D eigenvalue weighted by Crippen LogP contribution is 2.28. The molecule has 7 nitrogen and oxygen atoms in total. The second kappa shape index (κ2) is 12.0. The van der Waals surface area contributed by atoms with Crippen molar-refractivity contribution in [3.63, 3.8) is 0 Å². The fourth-order valence-corrected chi connectivity index (χ4v) is 3.04. The molecule has 0 aromatic heterocycles. The van der Waals surface area contributed by atoms with Crippen molar-refractivity contribution in [3.05, 3.63) is 102 Å². The summed E-state index contributed by atoms with van der Waals surface area (Å²) in [6.45, 7) is 5.41. The second-order valence-corrected chi connectivity index (χ2v) is 7.39. The average molecular weight is 459 g/mol. The Bertz CT molecular complexity index is 1190. The van der Waals surface area contributed by atoms with Gasteiger partial charge in [0.25, 0.3) is 5.91 Å². The largest absolute Gasteiger partial charge is 0.493 e. The van der Waals surface area contributed by atoms with Gasteiger partial charge in [0.2, 0.25) is 0 Å². The summed E-state index contributed by atoms with van der Waals surface area (Å²) >= 11 is 0. The number of allylic oxidation sites excluding steroid dienone is 1. The van der Waals surface area contributed by atoms with E-state index in [1.54, 1.807) is 61.7 Å². The lowest BCUT2D eigenvalue weighted by atomic mass is 10.1. The van der Waals surface area contributed by atoms with Crippen molar-refractivity contribution >= 4 is 18.1 Å². The molecule has 0 saturated carbocycles. The standard InChI is InChI=1S/C27H26N2O5/c1-4-6-20-11-14-24(25(16-20)32-3)33-18-26(30)29-28-17-21-9-12-23(13-10-21)34-27(31)22-8-5-7-19(2)15-22/h4-5,7-17H,1,6,18H2,2-3H3,(H,29,30)/b28-17-. The number of aryl methyl sites for hydroxylation is 1. The lowest BCUT2D eigenvalue weighted by Gasteiger charge is -2.11. The van der Waals surface area contributed by atoms with Crippen LogP contribution in [-0.4, -0.2) is 31.8 Å². The van der Waals surface area contributed by atoms with Crippen LogP contribution in [0, 0.1) is 6.92 Å². The minimum Gasteiger partial charge on any atom is -0.493 e. The number of esters is 1. The maximum atomic E-state index is 12.2. The fourth-order valence-electron chi connectivity index (χ4n) is 3.04. The van der Waals surface area contributed by atoms with Crippen LogP contribution in [0.15, 0.2) is 84.5 Å². The molecular formula is C27H26N2O5. The number of benzene rings is 3. The Morgan fingerprint density at radius 3 is 2.53 bits per heavy atom. The number of rotatable bonds is 10. The van der Waals surface area contributed by atoms with Crippen LogP contribution in [0.2, 0.25) is 0 Å². The molecule has 0 aliphatic carbocycles. The van der Waals surface area contributed by atoms with Crippen molar-refractivity contribution < 1.29 is 23.8 Å². The van der Waals surface area contributed by atoms with Crippen LogP contribution < -0.4 is 19.6 Å². The number of nitrogens with one attached hydrogen (secondary N) is 1. The zero-order valence-electron chi connectivity index (χ0n) is 19.1. The number of hydrogen-bond donors (Lipinski definition) is 1. The molecule has 0 fully saturated rings. The molecule has 1 N–H and O–H groups in total. The van der Waals surface area contributed by atoms with Gasteiger partial charge in [-0.1, -0.05) is 29.8 Å². The van der Waals surface area contributed by atoms with Gasteiger partial charge in [0.1, 0.15) is 5.75 Å². The monoisotopic (exact) mass is 458 g/mol. The van der Waals surface area contributed by atoms with Crippen molar-refractivity contribution in [1.82, 2.24) is 5.43 Å². The molecule has 0 spiro atoms. The molecule has 0 aliphatic rings. The van der Waals surface area contributed by atoms with Gasteiger partial charge >= 0.3 is 5.97 Å². The maximum absolute atomic E-state index is 12.2. The van der Waals surface area contributed by atoms with E-state index in [9.17, 15) is 9.59 Å². The van der Waals surface area contributed by atoms with E-state index in [2.05, 4.69) is 17.1 Å². The molecule has 0 saturated heterocycles. The highest BCUT2D eigenvalue weighted by atomic mass is 16.5. The molecule has 3 aromatic carbocycles. The number of ether oxygens (including phenoxy) is 3. The van der Waals surface area contributed by atoms with Crippen LogP contribution in [0.5, 0.6) is 17.2 Å². The van der Waals surface area contributed by atoms with Gasteiger partial charge in [0, 0.05) is 0 Å². The van der Waals surface area contributed by atoms with E-state index in [4.69, 9.17) is 14.2 Å². The molecule has 174 valence electrons. The van der Waals surface area contributed by atoms with Crippen molar-refractivity contribution in [2.75, 3.05) is 13.7 Å². The normalized spacial score (nSPS) is 10.5. The molecule has 0 heterocycles. The van der Waals surface area contributed by atoms with E-state index < -0.39 is 11.9 Å². The zero-order chi connectivity index (χ0) is 24.3. The Hall–Kier alpha value is -4.39. The lowest BCUT2D eigenvalue weighted by molar-refractivity contribution is -0.123. The first-order valence-electron chi connectivity index (χ1n) is 10.6. The predicted octanol–water partition coefficient (Wildman–Crippen LogP) is 4.48. The molecule has 34 heavy (non-hydrogen) atoms. The number of carbonyl (C=O) groups is 2. The summed E-state index contributed by atoms with van der Waals surface area (Å²) in [6, 6.07) is 19.4. The molecule has 7 heteroatoms. The third kappa shape index (κ3) is 7.06. The predicted molar refractivity (Wildman–Crippen MR) is 131 cm³/mol. The summed E-state index contributed by atoms with van der Waals surface area (Å²) in [5, 5.41) is 3.93. The first kappa shape index (κ1) is 24.3. The Kier molecular flexibility index (Phi) is 8.57. The molecule has 1 amide bonds. The molecule has 3 aromatic rings. The topological polar surface area (TPSA) is 86.2 Å². The molecule has 0 radical (unpaired) electrons. The van der Waals surface area contributed by atoms with Gasteiger partial charge in [-0.05, 0) is 73.0 Å².